The largest absolute Gasteiger partial charge is 0.339 e. The Morgan fingerprint density at radius 2 is 2.46 bits per heavy atom. The molecule has 1 amide bonds. The van der Waals surface area contributed by atoms with Crippen molar-refractivity contribution in [1.82, 2.24) is 5.32 Å². The molecule has 0 aliphatic heterocycles. The van der Waals surface area contributed by atoms with Crippen molar-refractivity contribution in [3.63, 3.8) is 0 Å². The van der Waals surface area contributed by atoms with Gasteiger partial charge >= 0.3 is 0 Å². The van der Waals surface area contributed by atoms with Crippen molar-refractivity contribution in [2.75, 3.05) is 0 Å². The van der Waals surface area contributed by atoms with Gasteiger partial charge in [0.05, 0.1) is 6.04 Å². The first-order valence-corrected chi connectivity index (χ1v) is 4.70. The van der Waals surface area contributed by atoms with Crippen molar-refractivity contribution < 1.29 is 4.79 Å². The van der Waals surface area contributed by atoms with E-state index in [0.29, 0.717) is 0 Å². The maximum Gasteiger partial charge on any atom is 0.247 e. The Morgan fingerprint density at radius 1 is 1.69 bits per heavy atom. The lowest BCUT2D eigenvalue weighted by molar-refractivity contribution is -0.118. The molecule has 0 saturated heterocycles. The van der Waals surface area contributed by atoms with Crippen molar-refractivity contribution in [1.29, 1.82) is 0 Å². The summed E-state index contributed by atoms with van der Waals surface area (Å²) in [6, 6.07) is -0.171. The smallest absolute Gasteiger partial charge is 0.247 e. The first-order valence-electron chi connectivity index (χ1n) is 4.70. The highest BCUT2D eigenvalue weighted by Gasteiger charge is 2.12. The Labute approximate surface area is 79.4 Å². The van der Waals surface area contributed by atoms with Gasteiger partial charge in [-0.25, -0.2) is 0 Å². The molecule has 1 rings (SSSR count). The van der Waals surface area contributed by atoms with Gasteiger partial charge in [0.25, 0.3) is 0 Å². The fourth-order valence-electron chi connectivity index (χ4n) is 1.38. The van der Waals surface area contributed by atoms with E-state index in [1.165, 1.54) is 6.42 Å². The van der Waals surface area contributed by atoms with Crippen LogP contribution in [0.2, 0.25) is 0 Å². The second-order valence-electron chi connectivity index (χ2n) is 3.34. The predicted octanol–water partition coefficient (Wildman–Crippen LogP) is 1.62. The number of terminal acetylenes is 1. The highest BCUT2D eigenvalue weighted by Crippen LogP contribution is 2.17. The van der Waals surface area contributed by atoms with Crippen LogP contribution in [0.25, 0.3) is 0 Å². The zero-order chi connectivity index (χ0) is 9.68. The molecule has 0 aromatic rings. The molecule has 2 nitrogen and oxygen atoms in total. The number of carbonyl (C=O) groups is 1. The lowest BCUT2D eigenvalue weighted by Gasteiger charge is -2.13. The van der Waals surface area contributed by atoms with E-state index in [1.807, 2.05) is 6.08 Å². The molecule has 2 heteroatoms. The second kappa shape index (κ2) is 4.71. The van der Waals surface area contributed by atoms with Gasteiger partial charge in [-0.3, -0.25) is 4.79 Å². The third kappa shape index (κ3) is 2.95. The predicted molar refractivity (Wildman–Crippen MR) is 53.0 cm³/mol. The Hall–Kier alpha value is -1.23. The summed E-state index contributed by atoms with van der Waals surface area (Å²) in [5.41, 5.74) is 0.897. The van der Waals surface area contributed by atoms with Gasteiger partial charge in [-0.2, -0.15) is 0 Å². The van der Waals surface area contributed by atoms with Crippen LogP contribution in [0.5, 0.6) is 0 Å². The van der Waals surface area contributed by atoms with Crippen molar-refractivity contribution in [2.45, 2.75) is 38.6 Å². The Morgan fingerprint density at radius 3 is 3.00 bits per heavy atom. The Kier molecular flexibility index (Phi) is 3.57. The minimum atomic E-state index is -0.171. The summed E-state index contributed by atoms with van der Waals surface area (Å²) in [4.78, 5) is 11.5. The van der Waals surface area contributed by atoms with E-state index < -0.39 is 0 Å². The van der Waals surface area contributed by atoms with E-state index in [9.17, 15) is 4.79 Å². The maximum atomic E-state index is 11.5. The maximum absolute atomic E-state index is 11.5. The number of carbonyl (C=O) groups excluding carboxylic acids is 1. The van der Waals surface area contributed by atoms with E-state index in [1.54, 1.807) is 6.92 Å². The summed E-state index contributed by atoms with van der Waals surface area (Å²) in [7, 11) is 0. The Bertz CT molecular complexity index is 260. The zero-order valence-corrected chi connectivity index (χ0v) is 7.97. The van der Waals surface area contributed by atoms with E-state index in [2.05, 4.69) is 11.2 Å². The highest BCUT2D eigenvalue weighted by molar-refractivity contribution is 5.93. The van der Waals surface area contributed by atoms with E-state index in [0.717, 1.165) is 24.8 Å². The summed E-state index contributed by atoms with van der Waals surface area (Å²) in [5, 5.41) is 2.76. The quantitative estimate of drug-likeness (QED) is 0.638. The van der Waals surface area contributed by atoms with Crippen molar-refractivity contribution in [2.24, 2.45) is 0 Å². The minimum absolute atomic E-state index is 0.00477. The van der Waals surface area contributed by atoms with Gasteiger partial charge < -0.3 is 5.32 Å². The van der Waals surface area contributed by atoms with Crippen molar-refractivity contribution in [3.8, 4) is 12.3 Å². The molecular formula is C11H15NO. The number of nitrogens with one attached hydrogen (secondary N) is 1. The standard InChI is InChI=1S/C11H15NO/c1-3-9(2)12-11(13)10-7-5-4-6-8-10/h1,7,9H,4-6,8H2,2H3,(H,12,13). The molecule has 0 radical (unpaired) electrons. The fourth-order valence-corrected chi connectivity index (χ4v) is 1.38. The van der Waals surface area contributed by atoms with Gasteiger partial charge in [-0.15, -0.1) is 6.42 Å². The average Bonchev–Trinajstić information content (AvgIpc) is 2.19. The highest BCUT2D eigenvalue weighted by atomic mass is 16.1. The molecule has 0 saturated carbocycles. The van der Waals surface area contributed by atoms with Crippen LogP contribution in [-0.2, 0) is 4.79 Å². The number of hydrogen-bond acceptors (Lipinski definition) is 1. The van der Waals surface area contributed by atoms with Gasteiger partial charge in [0.1, 0.15) is 0 Å². The number of hydrogen-bond donors (Lipinski definition) is 1. The summed E-state index contributed by atoms with van der Waals surface area (Å²) in [6.45, 7) is 1.81. The molecule has 1 atom stereocenters. The molecule has 70 valence electrons. The van der Waals surface area contributed by atoms with E-state index in [4.69, 9.17) is 6.42 Å². The molecule has 1 N–H and O–H groups in total. The van der Waals surface area contributed by atoms with Crippen molar-refractivity contribution >= 4 is 5.91 Å². The molecular weight excluding hydrogens is 162 g/mol. The van der Waals surface area contributed by atoms with Gasteiger partial charge in [0.2, 0.25) is 5.91 Å². The molecule has 0 spiro atoms. The normalized spacial score (nSPS) is 18.3. The zero-order valence-electron chi connectivity index (χ0n) is 7.97. The Balaban J connectivity index is 2.48. The summed E-state index contributed by atoms with van der Waals surface area (Å²) >= 11 is 0. The number of rotatable bonds is 2. The van der Waals surface area contributed by atoms with Crippen LogP contribution < -0.4 is 5.32 Å². The van der Waals surface area contributed by atoms with Crippen LogP contribution >= 0.6 is 0 Å². The fraction of sp³-hybridized carbons (Fsp3) is 0.545. The lowest BCUT2D eigenvalue weighted by Crippen LogP contribution is -2.32. The lowest BCUT2D eigenvalue weighted by atomic mass is 9.99. The number of allylic oxidation sites excluding steroid dienone is 1. The summed E-state index contributed by atoms with van der Waals surface area (Å²) in [5.74, 6) is 2.48. The summed E-state index contributed by atoms with van der Waals surface area (Å²) in [6.07, 6.45) is 11.4. The van der Waals surface area contributed by atoms with Crippen LogP contribution in [0.3, 0.4) is 0 Å². The van der Waals surface area contributed by atoms with E-state index in [-0.39, 0.29) is 11.9 Å². The second-order valence-corrected chi connectivity index (χ2v) is 3.34. The molecule has 0 aromatic carbocycles. The number of amides is 1. The molecule has 1 aliphatic carbocycles. The van der Waals surface area contributed by atoms with Gasteiger partial charge in [-0.1, -0.05) is 12.0 Å². The van der Waals surface area contributed by atoms with E-state index >= 15 is 0 Å². The molecule has 0 aromatic heterocycles. The average molecular weight is 177 g/mol. The van der Waals surface area contributed by atoms with Gasteiger partial charge in [0.15, 0.2) is 0 Å². The van der Waals surface area contributed by atoms with Crippen LogP contribution in [-0.4, -0.2) is 11.9 Å². The molecule has 0 fully saturated rings. The van der Waals surface area contributed by atoms with Gasteiger partial charge in [0, 0.05) is 5.57 Å². The topological polar surface area (TPSA) is 29.1 Å². The van der Waals surface area contributed by atoms with Crippen LogP contribution in [0.4, 0.5) is 0 Å². The summed E-state index contributed by atoms with van der Waals surface area (Å²) < 4.78 is 0. The molecule has 13 heavy (non-hydrogen) atoms. The first-order chi connectivity index (χ1) is 6.24. The van der Waals surface area contributed by atoms with Crippen molar-refractivity contribution in [3.05, 3.63) is 11.6 Å². The van der Waals surface area contributed by atoms with Crippen LogP contribution in [0.1, 0.15) is 32.6 Å². The third-order valence-corrected chi connectivity index (χ3v) is 2.18. The third-order valence-electron chi connectivity index (χ3n) is 2.18. The molecule has 0 bridgehead atoms. The molecule has 1 aliphatic rings. The molecule has 1 unspecified atom stereocenters. The minimum Gasteiger partial charge on any atom is -0.339 e. The van der Waals surface area contributed by atoms with Crippen LogP contribution in [0, 0.1) is 12.3 Å². The van der Waals surface area contributed by atoms with Gasteiger partial charge in [-0.05, 0) is 32.6 Å². The first kappa shape index (κ1) is 9.85. The van der Waals surface area contributed by atoms with Crippen LogP contribution in [0.15, 0.2) is 11.6 Å². The SMILES string of the molecule is C#CC(C)NC(=O)C1=CCCCC1. The monoisotopic (exact) mass is 177 g/mol. The molecule has 0 heterocycles.